The Balaban J connectivity index is 1.51. The van der Waals surface area contributed by atoms with Crippen LogP contribution in [-0.4, -0.2) is 54.1 Å². The highest BCUT2D eigenvalue weighted by Crippen LogP contribution is 2.32. The number of amides is 1. The Morgan fingerprint density at radius 3 is 2.28 bits per heavy atom. The van der Waals surface area contributed by atoms with Crippen molar-refractivity contribution >= 4 is 23.3 Å². The maximum Gasteiger partial charge on any atom is 0.253 e. The van der Waals surface area contributed by atoms with Gasteiger partial charge in [0.1, 0.15) is 17.5 Å². The Morgan fingerprint density at radius 1 is 0.897 bits per heavy atom. The molecule has 0 atom stereocenters. The summed E-state index contributed by atoms with van der Waals surface area (Å²) in [5, 5.41) is 0.325. The Morgan fingerprint density at radius 2 is 1.62 bits per heavy atom. The summed E-state index contributed by atoms with van der Waals surface area (Å²) in [4.78, 5) is 26.6. The molecule has 0 bridgehead atoms. The zero-order valence-corrected chi connectivity index (χ0v) is 22.2. The van der Waals surface area contributed by atoms with Crippen molar-refractivity contribution in [2.45, 2.75) is 13.0 Å². The van der Waals surface area contributed by atoms with Gasteiger partial charge in [-0.1, -0.05) is 48.0 Å². The van der Waals surface area contributed by atoms with Gasteiger partial charge >= 0.3 is 0 Å². The molecule has 6 nitrogen and oxygen atoms in total. The van der Waals surface area contributed by atoms with Crippen LogP contribution in [0.5, 0.6) is 0 Å². The highest BCUT2D eigenvalue weighted by atomic mass is 35.5. The van der Waals surface area contributed by atoms with Gasteiger partial charge in [-0.3, -0.25) is 4.79 Å². The molecular weight excluding hydrogens is 522 g/mol. The second-order valence-electron chi connectivity index (χ2n) is 9.26. The average Bonchev–Trinajstić information content (AvgIpc) is 2.96. The summed E-state index contributed by atoms with van der Waals surface area (Å²) >= 11 is 6.40. The molecule has 3 aromatic carbocycles. The Bertz CT molecular complexity index is 1440. The molecule has 0 radical (unpaired) electrons. The molecule has 0 N–H and O–H groups in total. The quantitative estimate of drug-likeness (QED) is 0.293. The number of aromatic nitrogens is 2. The smallest absolute Gasteiger partial charge is 0.253 e. The van der Waals surface area contributed by atoms with Crippen LogP contribution in [0.2, 0.25) is 5.02 Å². The zero-order chi connectivity index (χ0) is 27.4. The molecule has 1 aliphatic rings. The van der Waals surface area contributed by atoms with Crippen molar-refractivity contribution in [3.63, 3.8) is 0 Å². The number of benzene rings is 3. The lowest BCUT2D eigenvalue weighted by molar-refractivity contribution is 0.0746. The summed E-state index contributed by atoms with van der Waals surface area (Å²) < 4.78 is 33.7. The number of rotatable bonds is 7. The lowest BCUT2D eigenvalue weighted by Gasteiger charge is -2.36. The number of carbonyl (C=O) groups excluding carboxylic acids is 1. The molecule has 9 heteroatoms. The highest BCUT2D eigenvalue weighted by molar-refractivity contribution is 6.31. The molecule has 0 saturated carbocycles. The van der Waals surface area contributed by atoms with Crippen LogP contribution in [0.15, 0.2) is 72.8 Å². The Kier molecular flexibility index (Phi) is 8.14. The van der Waals surface area contributed by atoms with E-state index in [2.05, 4.69) is 4.90 Å². The standard InChI is InChI=1S/C30H27ClF2N4O2/c1-39-19-27-24(18-23-25(31)8-5-9-26(23)33)29(35-28(34-27)20-6-3-2-4-7-20)36-14-16-37(17-15-36)30(38)21-10-12-22(32)13-11-21/h2-13H,14-19H2,1H3. The number of halogens is 3. The molecule has 0 unspecified atom stereocenters. The van der Waals surface area contributed by atoms with Crippen LogP contribution >= 0.6 is 11.6 Å². The van der Waals surface area contributed by atoms with E-state index in [4.69, 9.17) is 26.3 Å². The predicted molar refractivity (Wildman–Crippen MR) is 147 cm³/mol. The van der Waals surface area contributed by atoms with E-state index in [1.165, 1.54) is 30.3 Å². The number of hydrogen-bond donors (Lipinski definition) is 0. The topological polar surface area (TPSA) is 58.6 Å². The van der Waals surface area contributed by atoms with Crippen molar-refractivity contribution < 1.29 is 18.3 Å². The van der Waals surface area contributed by atoms with Crippen molar-refractivity contribution in [1.29, 1.82) is 0 Å². The zero-order valence-electron chi connectivity index (χ0n) is 21.4. The molecule has 1 amide bonds. The van der Waals surface area contributed by atoms with Gasteiger partial charge in [-0.2, -0.15) is 0 Å². The van der Waals surface area contributed by atoms with Gasteiger partial charge in [0, 0.05) is 67.0 Å². The molecule has 200 valence electrons. The summed E-state index contributed by atoms with van der Waals surface area (Å²) in [6.45, 7) is 2.10. The van der Waals surface area contributed by atoms with Crippen molar-refractivity contribution in [2.75, 3.05) is 38.2 Å². The average molecular weight is 549 g/mol. The highest BCUT2D eigenvalue weighted by Gasteiger charge is 2.27. The SMILES string of the molecule is COCc1nc(-c2ccccc2)nc(N2CCN(C(=O)c3ccc(F)cc3)CC2)c1Cc1c(F)cccc1Cl. The van der Waals surface area contributed by atoms with E-state index in [1.54, 1.807) is 24.1 Å². The fraction of sp³-hybridized carbons (Fsp3) is 0.233. The van der Waals surface area contributed by atoms with Crippen molar-refractivity contribution in [1.82, 2.24) is 14.9 Å². The van der Waals surface area contributed by atoms with Gasteiger partial charge in [-0.25, -0.2) is 18.7 Å². The Labute approximate surface area is 230 Å². The van der Waals surface area contributed by atoms with E-state index in [0.717, 1.165) is 11.1 Å². The first-order valence-electron chi connectivity index (χ1n) is 12.6. The summed E-state index contributed by atoms with van der Waals surface area (Å²) in [7, 11) is 1.59. The van der Waals surface area contributed by atoms with E-state index in [1.807, 2.05) is 30.3 Å². The molecule has 1 aliphatic heterocycles. The molecule has 1 aromatic heterocycles. The normalized spacial score (nSPS) is 13.5. The number of hydrogen-bond acceptors (Lipinski definition) is 5. The van der Waals surface area contributed by atoms with Crippen LogP contribution in [0.4, 0.5) is 14.6 Å². The Hall–Kier alpha value is -3.88. The predicted octanol–water partition coefficient (Wildman–Crippen LogP) is 5.77. The summed E-state index contributed by atoms with van der Waals surface area (Å²) in [6.07, 6.45) is 0.184. The van der Waals surface area contributed by atoms with Gasteiger partial charge in [0.2, 0.25) is 0 Å². The third-order valence-electron chi connectivity index (χ3n) is 6.76. The monoisotopic (exact) mass is 548 g/mol. The maximum atomic E-state index is 14.9. The van der Waals surface area contributed by atoms with Crippen molar-refractivity contribution in [3.05, 3.63) is 112 Å². The summed E-state index contributed by atoms with van der Waals surface area (Å²) in [5.41, 5.74) is 3.01. The van der Waals surface area contributed by atoms with Crippen LogP contribution in [0.3, 0.4) is 0 Å². The molecule has 5 rings (SSSR count). The summed E-state index contributed by atoms with van der Waals surface area (Å²) in [5.74, 6) is 0.248. The van der Waals surface area contributed by atoms with Crippen LogP contribution in [-0.2, 0) is 17.8 Å². The number of piperazine rings is 1. The number of ether oxygens (including phenoxy) is 1. The van der Waals surface area contributed by atoms with Crippen molar-refractivity contribution in [3.8, 4) is 11.4 Å². The van der Waals surface area contributed by atoms with Gasteiger partial charge in [-0.05, 0) is 36.4 Å². The lowest BCUT2D eigenvalue weighted by atomic mass is 10.0. The van der Waals surface area contributed by atoms with Crippen molar-refractivity contribution in [2.24, 2.45) is 0 Å². The minimum absolute atomic E-state index is 0.152. The van der Waals surface area contributed by atoms with Crippen LogP contribution in [0.25, 0.3) is 11.4 Å². The number of carbonyl (C=O) groups is 1. The van der Waals surface area contributed by atoms with Gasteiger partial charge in [0.25, 0.3) is 5.91 Å². The summed E-state index contributed by atoms with van der Waals surface area (Å²) in [6, 6.07) is 19.8. The van der Waals surface area contributed by atoms with E-state index >= 15 is 0 Å². The fourth-order valence-corrected chi connectivity index (χ4v) is 4.94. The molecule has 39 heavy (non-hydrogen) atoms. The van der Waals surface area contributed by atoms with Gasteiger partial charge < -0.3 is 14.5 Å². The molecule has 1 saturated heterocycles. The molecule has 2 heterocycles. The van der Waals surface area contributed by atoms with E-state index in [9.17, 15) is 13.6 Å². The maximum absolute atomic E-state index is 14.9. The largest absolute Gasteiger partial charge is 0.378 e. The number of nitrogens with zero attached hydrogens (tertiary/aromatic N) is 4. The van der Waals surface area contributed by atoms with Gasteiger partial charge in [0.15, 0.2) is 5.82 Å². The van der Waals surface area contributed by atoms with E-state index in [0.29, 0.717) is 59.7 Å². The first-order valence-corrected chi connectivity index (χ1v) is 13.0. The molecule has 1 fully saturated rings. The van der Waals surface area contributed by atoms with Gasteiger partial charge in [0.05, 0.1) is 12.3 Å². The second kappa shape index (κ2) is 11.9. The lowest BCUT2D eigenvalue weighted by Crippen LogP contribution is -2.49. The van der Waals surface area contributed by atoms with Crippen LogP contribution in [0, 0.1) is 11.6 Å². The third kappa shape index (κ3) is 5.92. The van der Waals surface area contributed by atoms with E-state index in [-0.39, 0.29) is 24.8 Å². The third-order valence-corrected chi connectivity index (χ3v) is 7.11. The minimum Gasteiger partial charge on any atom is -0.378 e. The first kappa shape index (κ1) is 26.7. The second-order valence-corrected chi connectivity index (χ2v) is 9.67. The van der Waals surface area contributed by atoms with E-state index < -0.39 is 5.82 Å². The fourth-order valence-electron chi connectivity index (χ4n) is 4.71. The molecule has 0 spiro atoms. The minimum atomic E-state index is -0.404. The molecule has 4 aromatic rings. The number of methoxy groups -OCH3 is 1. The van der Waals surface area contributed by atoms with Crippen LogP contribution in [0.1, 0.15) is 27.2 Å². The van der Waals surface area contributed by atoms with Gasteiger partial charge in [-0.15, -0.1) is 0 Å². The molecule has 0 aliphatic carbocycles. The molecular formula is C30H27ClF2N4O2. The van der Waals surface area contributed by atoms with Crippen LogP contribution < -0.4 is 4.90 Å². The number of anilines is 1. The first-order chi connectivity index (χ1) is 18.9.